The van der Waals surface area contributed by atoms with Crippen molar-refractivity contribution in [1.82, 2.24) is 10.2 Å². The third-order valence-corrected chi connectivity index (χ3v) is 6.74. The van der Waals surface area contributed by atoms with Crippen LogP contribution in [0.3, 0.4) is 0 Å². The van der Waals surface area contributed by atoms with Gasteiger partial charge in [-0.05, 0) is 19.1 Å². The average molecular weight is 420 g/mol. The standard InChI is InChI=1S/C15H15F2N3OS4/c1-9(2)7-22-14-19-20-15(25-14)23-8-12(21)18-10-5-3-4-6-11(10)24-13(16)17/h3-6,13H,1,7-8H2,2H3,(H,18,21). The molecule has 1 heterocycles. The first-order chi connectivity index (χ1) is 11.9. The summed E-state index contributed by atoms with van der Waals surface area (Å²) >= 11 is 4.64. The van der Waals surface area contributed by atoms with Gasteiger partial charge < -0.3 is 5.32 Å². The van der Waals surface area contributed by atoms with E-state index in [4.69, 9.17) is 0 Å². The molecule has 0 aliphatic carbocycles. The molecule has 0 aliphatic heterocycles. The summed E-state index contributed by atoms with van der Waals surface area (Å²) in [6.45, 7) is 5.77. The van der Waals surface area contributed by atoms with E-state index in [9.17, 15) is 13.6 Å². The molecule has 134 valence electrons. The minimum atomic E-state index is -2.54. The molecule has 0 saturated carbocycles. The number of hydrogen-bond donors (Lipinski definition) is 1. The summed E-state index contributed by atoms with van der Waals surface area (Å²) in [4.78, 5) is 12.4. The van der Waals surface area contributed by atoms with Gasteiger partial charge in [-0.3, -0.25) is 4.79 Å². The van der Waals surface area contributed by atoms with Gasteiger partial charge in [0, 0.05) is 10.6 Å². The van der Waals surface area contributed by atoms with Gasteiger partial charge in [-0.1, -0.05) is 70.9 Å². The van der Waals surface area contributed by atoms with Crippen molar-refractivity contribution >= 4 is 58.2 Å². The normalized spacial score (nSPS) is 10.9. The predicted octanol–water partition coefficient (Wildman–Crippen LogP) is 5.25. The molecular formula is C15H15F2N3OS4. The van der Waals surface area contributed by atoms with E-state index in [1.807, 2.05) is 6.92 Å². The maximum absolute atomic E-state index is 12.5. The summed E-state index contributed by atoms with van der Waals surface area (Å²) in [6, 6.07) is 6.49. The van der Waals surface area contributed by atoms with Crippen LogP contribution >= 0.6 is 46.6 Å². The van der Waals surface area contributed by atoms with Crippen molar-refractivity contribution < 1.29 is 13.6 Å². The number of para-hydroxylation sites is 1. The smallest absolute Gasteiger partial charge is 0.288 e. The molecule has 2 aromatic rings. The first-order valence-electron chi connectivity index (χ1n) is 7.01. The quantitative estimate of drug-likeness (QED) is 0.442. The van der Waals surface area contributed by atoms with Crippen molar-refractivity contribution in [1.29, 1.82) is 0 Å². The molecule has 25 heavy (non-hydrogen) atoms. The lowest BCUT2D eigenvalue weighted by atomic mass is 10.3. The van der Waals surface area contributed by atoms with Crippen LogP contribution in [0.15, 0.2) is 50.0 Å². The molecule has 0 radical (unpaired) electrons. The molecule has 0 unspecified atom stereocenters. The fourth-order valence-electron chi connectivity index (χ4n) is 1.58. The molecule has 0 bridgehead atoms. The van der Waals surface area contributed by atoms with Crippen LogP contribution in [0.5, 0.6) is 0 Å². The molecule has 10 heteroatoms. The number of amides is 1. The number of nitrogens with one attached hydrogen (secondary N) is 1. The first-order valence-corrected chi connectivity index (χ1v) is 10.7. The van der Waals surface area contributed by atoms with Crippen LogP contribution < -0.4 is 5.32 Å². The Balaban J connectivity index is 1.86. The third-order valence-electron chi connectivity index (χ3n) is 2.53. The molecule has 1 N–H and O–H groups in total. The fraction of sp³-hybridized carbons (Fsp3) is 0.267. The minimum absolute atomic E-state index is 0.132. The second-order valence-electron chi connectivity index (χ2n) is 4.79. The van der Waals surface area contributed by atoms with Gasteiger partial charge in [0.05, 0.1) is 11.4 Å². The van der Waals surface area contributed by atoms with E-state index < -0.39 is 5.76 Å². The number of thioether (sulfide) groups is 3. The van der Waals surface area contributed by atoms with Crippen molar-refractivity contribution in [2.24, 2.45) is 0 Å². The van der Waals surface area contributed by atoms with E-state index >= 15 is 0 Å². The molecule has 2 rings (SSSR count). The Hall–Kier alpha value is -1.10. The fourth-order valence-corrected chi connectivity index (χ4v) is 4.84. The molecule has 0 aliphatic rings. The number of alkyl halides is 2. The van der Waals surface area contributed by atoms with E-state index in [0.29, 0.717) is 26.7 Å². The zero-order valence-electron chi connectivity index (χ0n) is 13.2. The molecule has 0 saturated heterocycles. The molecule has 4 nitrogen and oxygen atoms in total. The van der Waals surface area contributed by atoms with E-state index in [-0.39, 0.29) is 11.7 Å². The average Bonchev–Trinajstić information content (AvgIpc) is 3.00. The third kappa shape index (κ3) is 7.35. The Labute approximate surface area is 161 Å². The Morgan fingerprint density at radius 2 is 1.88 bits per heavy atom. The van der Waals surface area contributed by atoms with E-state index in [0.717, 1.165) is 15.7 Å². The Morgan fingerprint density at radius 1 is 1.24 bits per heavy atom. The number of rotatable bonds is 9. The lowest BCUT2D eigenvalue weighted by Crippen LogP contribution is -2.14. The van der Waals surface area contributed by atoms with Gasteiger partial charge in [0.1, 0.15) is 0 Å². The number of aromatic nitrogens is 2. The molecule has 1 aromatic heterocycles. The van der Waals surface area contributed by atoms with Crippen LogP contribution in [0.1, 0.15) is 6.92 Å². The van der Waals surface area contributed by atoms with Crippen molar-refractivity contribution in [2.45, 2.75) is 26.3 Å². The second kappa shape index (κ2) is 10.1. The summed E-state index contributed by atoms with van der Waals surface area (Å²) in [5.74, 6) is -1.91. The first kappa shape index (κ1) is 20.2. The summed E-state index contributed by atoms with van der Waals surface area (Å²) in [6.07, 6.45) is 0. The van der Waals surface area contributed by atoms with Gasteiger partial charge >= 0.3 is 0 Å². The van der Waals surface area contributed by atoms with Gasteiger partial charge in [-0.15, -0.1) is 10.2 Å². The van der Waals surface area contributed by atoms with Crippen LogP contribution in [0.25, 0.3) is 0 Å². The van der Waals surface area contributed by atoms with E-state index in [1.54, 1.807) is 36.0 Å². The molecule has 1 aromatic carbocycles. The molecule has 0 spiro atoms. The number of hydrogen-bond acceptors (Lipinski definition) is 7. The zero-order valence-corrected chi connectivity index (χ0v) is 16.5. The number of nitrogens with zero attached hydrogens (tertiary/aromatic N) is 2. The number of carbonyl (C=O) groups is 1. The summed E-state index contributed by atoms with van der Waals surface area (Å²) < 4.78 is 26.6. The van der Waals surface area contributed by atoms with Crippen molar-refractivity contribution in [2.75, 3.05) is 16.8 Å². The van der Waals surface area contributed by atoms with Gasteiger partial charge in [0.25, 0.3) is 5.76 Å². The highest BCUT2D eigenvalue weighted by molar-refractivity contribution is 8.03. The van der Waals surface area contributed by atoms with Gasteiger partial charge in [-0.2, -0.15) is 8.78 Å². The maximum Gasteiger partial charge on any atom is 0.288 e. The lowest BCUT2D eigenvalue weighted by molar-refractivity contribution is -0.113. The highest BCUT2D eigenvalue weighted by Gasteiger charge is 2.13. The maximum atomic E-state index is 12.5. The topological polar surface area (TPSA) is 54.9 Å². The van der Waals surface area contributed by atoms with Crippen LogP contribution in [0.2, 0.25) is 0 Å². The van der Waals surface area contributed by atoms with Crippen molar-refractivity contribution in [3.05, 3.63) is 36.4 Å². The van der Waals surface area contributed by atoms with Gasteiger partial charge in [0.2, 0.25) is 5.91 Å². The largest absolute Gasteiger partial charge is 0.324 e. The lowest BCUT2D eigenvalue weighted by Gasteiger charge is -2.09. The molecule has 0 atom stereocenters. The highest BCUT2D eigenvalue weighted by Crippen LogP contribution is 2.32. The number of anilines is 1. The molecule has 1 amide bonds. The van der Waals surface area contributed by atoms with Gasteiger partial charge in [-0.25, -0.2) is 0 Å². The Kier molecular flexibility index (Phi) is 8.20. The Morgan fingerprint density at radius 3 is 2.52 bits per heavy atom. The van der Waals surface area contributed by atoms with Crippen LogP contribution in [0, 0.1) is 0 Å². The summed E-state index contributed by atoms with van der Waals surface area (Å²) in [7, 11) is 0. The number of halogens is 2. The SMILES string of the molecule is C=C(C)CSc1nnc(SCC(=O)Nc2ccccc2SC(F)F)s1. The second-order valence-corrected chi connectivity index (χ2v) is 9.25. The van der Waals surface area contributed by atoms with Crippen molar-refractivity contribution in [3.8, 4) is 0 Å². The summed E-state index contributed by atoms with van der Waals surface area (Å²) in [5, 5.41) is 10.7. The predicted molar refractivity (Wildman–Crippen MR) is 103 cm³/mol. The number of carbonyl (C=O) groups excluding carboxylic acids is 1. The van der Waals surface area contributed by atoms with Gasteiger partial charge in [0.15, 0.2) is 8.68 Å². The minimum Gasteiger partial charge on any atom is -0.324 e. The number of benzene rings is 1. The summed E-state index contributed by atoms with van der Waals surface area (Å²) in [5.41, 5.74) is 1.43. The van der Waals surface area contributed by atoms with Crippen LogP contribution in [-0.2, 0) is 4.79 Å². The molecular weight excluding hydrogens is 404 g/mol. The zero-order chi connectivity index (χ0) is 18.2. The van der Waals surface area contributed by atoms with E-state index in [2.05, 4.69) is 22.1 Å². The van der Waals surface area contributed by atoms with Crippen molar-refractivity contribution in [3.63, 3.8) is 0 Å². The van der Waals surface area contributed by atoms with Crippen LogP contribution in [0.4, 0.5) is 14.5 Å². The molecule has 0 fully saturated rings. The monoisotopic (exact) mass is 419 g/mol. The van der Waals surface area contributed by atoms with E-state index in [1.165, 1.54) is 23.1 Å². The van der Waals surface area contributed by atoms with Crippen LogP contribution in [-0.4, -0.2) is 33.4 Å². The Bertz CT molecular complexity index is 739. The highest BCUT2D eigenvalue weighted by atomic mass is 32.2.